The lowest BCUT2D eigenvalue weighted by molar-refractivity contribution is 0.114. The minimum atomic E-state index is -4.31. The van der Waals surface area contributed by atoms with Crippen LogP contribution < -0.4 is 0 Å². The van der Waals surface area contributed by atoms with Gasteiger partial charge in [-0.05, 0) is 18.6 Å². The van der Waals surface area contributed by atoms with Gasteiger partial charge in [0.25, 0.3) is 5.00 Å². The molecule has 0 heterocycles. The second-order valence-corrected chi connectivity index (χ2v) is 6.91. The van der Waals surface area contributed by atoms with E-state index in [9.17, 15) is 17.2 Å². The molecule has 0 unspecified atom stereocenters. The van der Waals surface area contributed by atoms with Gasteiger partial charge < -0.3 is 0 Å². The Morgan fingerprint density at radius 1 is 1.17 bits per heavy atom. The average molecular weight is 270 g/mol. The van der Waals surface area contributed by atoms with E-state index in [0.29, 0.717) is 0 Å². The number of hydrogen-bond acceptors (Lipinski definition) is 2. The van der Waals surface area contributed by atoms with Crippen molar-refractivity contribution in [2.45, 2.75) is 22.5 Å². The minimum Gasteiger partial charge on any atom is -0.242 e. The van der Waals surface area contributed by atoms with Gasteiger partial charge in [0.2, 0.25) is 9.84 Å². The van der Waals surface area contributed by atoms with Crippen molar-refractivity contribution in [3.8, 4) is 0 Å². The van der Waals surface area contributed by atoms with Gasteiger partial charge in [-0.15, -0.1) is 0 Å². The Bertz CT molecular complexity index is 597. The van der Waals surface area contributed by atoms with Crippen LogP contribution in [0.15, 0.2) is 47.4 Å². The smallest absolute Gasteiger partial charge is 0.242 e. The molecular weight excluding hydrogens is 258 g/mol. The predicted octanol–water partition coefficient (Wildman–Crippen LogP) is 2.67. The summed E-state index contributed by atoms with van der Waals surface area (Å²) >= 11 is 0. The predicted molar refractivity (Wildman–Crippen MR) is 63.1 cm³/mol. The summed E-state index contributed by atoms with van der Waals surface area (Å²) in [5.74, 6) is -1.49. The van der Waals surface area contributed by atoms with Crippen LogP contribution in [0.4, 0.5) is 8.78 Å². The van der Waals surface area contributed by atoms with E-state index in [0.717, 1.165) is 0 Å². The number of benzene rings is 1. The SMILES string of the molecule is O=S(=O)(c1ccccc1)[C@]1(F)[C@H](F)[C@@H]2C=C[C@H]1C2. The maximum atomic E-state index is 14.9. The molecule has 18 heavy (non-hydrogen) atoms. The molecule has 1 aromatic rings. The lowest BCUT2D eigenvalue weighted by Gasteiger charge is -2.29. The van der Waals surface area contributed by atoms with E-state index in [1.165, 1.54) is 30.3 Å². The number of alkyl halides is 2. The first-order chi connectivity index (χ1) is 8.48. The van der Waals surface area contributed by atoms with E-state index in [2.05, 4.69) is 0 Å². The number of allylic oxidation sites excluding steroid dienone is 2. The van der Waals surface area contributed by atoms with Crippen LogP contribution in [-0.4, -0.2) is 19.6 Å². The molecule has 0 amide bonds. The van der Waals surface area contributed by atoms with Crippen molar-refractivity contribution >= 4 is 9.84 Å². The molecule has 0 aliphatic heterocycles. The monoisotopic (exact) mass is 270 g/mol. The van der Waals surface area contributed by atoms with Crippen molar-refractivity contribution in [1.29, 1.82) is 0 Å². The second kappa shape index (κ2) is 3.63. The number of fused-ring (bicyclic) bond motifs is 2. The lowest BCUT2D eigenvalue weighted by atomic mass is 10.0. The summed E-state index contributed by atoms with van der Waals surface area (Å²) in [6, 6.07) is 7.26. The Kier molecular flexibility index (Phi) is 2.39. The maximum absolute atomic E-state index is 14.9. The molecule has 2 aliphatic carbocycles. The largest absolute Gasteiger partial charge is 0.252 e. The molecule has 2 nitrogen and oxygen atoms in total. The van der Waals surface area contributed by atoms with Gasteiger partial charge in [-0.25, -0.2) is 17.2 Å². The van der Waals surface area contributed by atoms with Crippen molar-refractivity contribution in [3.05, 3.63) is 42.5 Å². The number of halogens is 2. The molecule has 0 aromatic heterocycles. The number of sulfone groups is 1. The fourth-order valence-electron chi connectivity index (χ4n) is 2.86. The fraction of sp³-hybridized carbons (Fsp3) is 0.385. The standard InChI is InChI=1S/C13H12F2O2S/c14-12-9-6-7-10(8-9)13(12,15)18(16,17)11-4-2-1-3-5-11/h1-7,9-10,12H,8H2/t9-,10+,12-,13+/m1/s1. The third-order valence-corrected chi connectivity index (χ3v) is 6.08. The molecule has 0 saturated heterocycles. The molecule has 4 atom stereocenters. The molecule has 3 rings (SSSR count). The molecule has 2 aliphatic rings. The molecular formula is C13H12F2O2S. The molecule has 1 saturated carbocycles. The summed E-state index contributed by atoms with van der Waals surface area (Å²) in [5, 5.41) is -2.81. The van der Waals surface area contributed by atoms with Gasteiger partial charge in [-0.1, -0.05) is 30.4 Å². The van der Waals surface area contributed by atoms with Crippen LogP contribution >= 0.6 is 0 Å². The van der Waals surface area contributed by atoms with E-state index in [1.54, 1.807) is 12.1 Å². The highest BCUT2D eigenvalue weighted by Crippen LogP contribution is 2.54. The molecule has 0 radical (unpaired) electrons. The minimum absolute atomic E-state index is 0.156. The summed E-state index contributed by atoms with van der Waals surface area (Å²) in [5.41, 5.74) is 0. The zero-order chi connectivity index (χ0) is 13.0. The zero-order valence-corrected chi connectivity index (χ0v) is 10.3. The van der Waals surface area contributed by atoms with Crippen molar-refractivity contribution in [2.24, 2.45) is 11.8 Å². The maximum Gasteiger partial charge on any atom is 0.252 e. The fourth-order valence-corrected chi connectivity index (χ4v) is 4.78. The van der Waals surface area contributed by atoms with Crippen LogP contribution in [0.5, 0.6) is 0 Å². The molecule has 0 spiro atoms. The molecule has 96 valence electrons. The Labute approximate surface area is 104 Å². The molecule has 2 bridgehead atoms. The first-order valence-corrected chi connectivity index (χ1v) is 7.27. The van der Waals surface area contributed by atoms with Gasteiger partial charge in [-0.3, -0.25) is 0 Å². The van der Waals surface area contributed by atoms with E-state index < -0.39 is 32.8 Å². The van der Waals surface area contributed by atoms with Gasteiger partial charge >= 0.3 is 0 Å². The molecule has 1 fully saturated rings. The zero-order valence-electron chi connectivity index (χ0n) is 9.46. The van der Waals surface area contributed by atoms with Crippen molar-refractivity contribution in [1.82, 2.24) is 0 Å². The average Bonchev–Trinajstić information content (AvgIpc) is 2.94. The normalized spacial score (nSPS) is 38.2. The van der Waals surface area contributed by atoms with E-state index in [-0.39, 0.29) is 11.3 Å². The second-order valence-electron chi connectivity index (χ2n) is 4.81. The summed E-state index contributed by atoms with van der Waals surface area (Å²) < 4.78 is 53.5. The Morgan fingerprint density at radius 2 is 1.83 bits per heavy atom. The van der Waals surface area contributed by atoms with Crippen LogP contribution in [0.25, 0.3) is 0 Å². The highest BCUT2D eigenvalue weighted by atomic mass is 32.2. The Balaban J connectivity index is 2.13. The van der Waals surface area contributed by atoms with Crippen molar-refractivity contribution in [2.75, 3.05) is 0 Å². The third kappa shape index (κ3) is 1.28. The van der Waals surface area contributed by atoms with Crippen LogP contribution in [0.3, 0.4) is 0 Å². The summed E-state index contributed by atoms with van der Waals surface area (Å²) in [4.78, 5) is -0.156. The summed E-state index contributed by atoms with van der Waals surface area (Å²) in [6.45, 7) is 0. The van der Waals surface area contributed by atoms with Crippen molar-refractivity contribution in [3.63, 3.8) is 0 Å². The van der Waals surface area contributed by atoms with Crippen LogP contribution in [0.2, 0.25) is 0 Å². The molecule has 5 heteroatoms. The first kappa shape index (κ1) is 11.8. The van der Waals surface area contributed by atoms with Gasteiger partial charge in [0.15, 0.2) is 6.17 Å². The van der Waals surface area contributed by atoms with E-state index >= 15 is 0 Å². The van der Waals surface area contributed by atoms with Crippen LogP contribution in [0.1, 0.15) is 6.42 Å². The van der Waals surface area contributed by atoms with Gasteiger partial charge in [0.1, 0.15) is 0 Å². The van der Waals surface area contributed by atoms with Gasteiger partial charge in [0, 0.05) is 11.8 Å². The van der Waals surface area contributed by atoms with Crippen LogP contribution in [0, 0.1) is 11.8 Å². The van der Waals surface area contributed by atoms with E-state index in [1.807, 2.05) is 0 Å². The Hall–Kier alpha value is -1.23. The third-order valence-electron chi connectivity index (χ3n) is 3.84. The van der Waals surface area contributed by atoms with Gasteiger partial charge in [0.05, 0.1) is 4.90 Å². The highest BCUT2D eigenvalue weighted by molar-refractivity contribution is 7.92. The quantitative estimate of drug-likeness (QED) is 0.774. The lowest BCUT2D eigenvalue weighted by Crippen LogP contribution is -2.46. The topological polar surface area (TPSA) is 34.1 Å². The number of rotatable bonds is 2. The molecule has 0 N–H and O–H groups in total. The summed E-state index contributed by atoms with van der Waals surface area (Å²) in [6.07, 6.45) is 1.33. The first-order valence-electron chi connectivity index (χ1n) is 5.79. The number of hydrogen-bond donors (Lipinski definition) is 0. The van der Waals surface area contributed by atoms with E-state index in [4.69, 9.17) is 0 Å². The van der Waals surface area contributed by atoms with Crippen LogP contribution in [-0.2, 0) is 9.84 Å². The highest BCUT2D eigenvalue weighted by Gasteiger charge is 2.65. The summed E-state index contributed by atoms with van der Waals surface area (Å²) in [7, 11) is -4.31. The Morgan fingerprint density at radius 3 is 2.39 bits per heavy atom. The van der Waals surface area contributed by atoms with Gasteiger partial charge in [-0.2, -0.15) is 0 Å². The van der Waals surface area contributed by atoms with Crippen molar-refractivity contribution < 1.29 is 17.2 Å². The molecule has 1 aromatic carbocycles.